The molecule has 0 unspecified atom stereocenters. The number of nitrogens with one attached hydrogen (secondary N) is 2. The Bertz CT molecular complexity index is 851. The smallest absolute Gasteiger partial charge is 0.238 e. The predicted octanol–water partition coefficient (Wildman–Crippen LogP) is 3.71. The molecule has 0 saturated carbocycles. The van der Waals surface area contributed by atoms with E-state index in [1.165, 1.54) is 11.8 Å². The molecule has 0 fully saturated rings. The Morgan fingerprint density at radius 2 is 1.44 bits per heavy atom. The highest BCUT2D eigenvalue weighted by Gasteiger charge is 2.15. The summed E-state index contributed by atoms with van der Waals surface area (Å²) in [4.78, 5) is 37.5. The molecule has 0 saturated heterocycles. The third-order valence-corrected chi connectivity index (χ3v) is 4.26. The third-order valence-electron chi connectivity index (χ3n) is 3.63. The summed E-state index contributed by atoms with van der Waals surface area (Å²) < 4.78 is 0. The van der Waals surface area contributed by atoms with Crippen LogP contribution in [0.25, 0.3) is 0 Å². The lowest BCUT2D eigenvalue weighted by Crippen LogP contribution is -2.36. The fourth-order valence-corrected chi connectivity index (χ4v) is 2.92. The van der Waals surface area contributed by atoms with Gasteiger partial charge in [0.05, 0.1) is 34.5 Å². The van der Waals surface area contributed by atoms with Crippen LogP contribution in [0, 0.1) is 0 Å². The summed E-state index contributed by atoms with van der Waals surface area (Å²) in [5.41, 5.74) is 1.20. The molecule has 0 aliphatic rings. The average Bonchev–Trinajstić information content (AvgIpc) is 2.58. The van der Waals surface area contributed by atoms with E-state index in [-0.39, 0.29) is 30.7 Å². The zero-order valence-corrected chi connectivity index (χ0v) is 16.4. The Labute approximate surface area is 167 Å². The molecule has 8 heteroatoms. The van der Waals surface area contributed by atoms with Gasteiger partial charge in [0.25, 0.3) is 0 Å². The van der Waals surface area contributed by atoms with Crippen LogP contribution < -0.4 is 10.6 Å². The molecule has 27 heavy (non-hydrogen) atoms. The van der Waals surface area contributed by atoms with E-state index in [4.69, 9.17) is 23.2 Å². The molecule has 2 amide bonds. The van der Waals surface area contributed by atoms with Gasteiger partial charge in [-0.3, -0.25) is 19.3 Å². The van der Waals surface area contributed by atoms with E-state index in [0.29, 0.717) is 27.0 Å². The van der Waals surface area contributed by atoms with E-state index in [0.717, 1.165) is 0 Å². The first-order valence-electron chi connectivity index (χ1n) is 8.10. The first-order chi connectivity index (χ1) is 12.8. The zero-order chi connectivity index (χ0) is 20.0. The van der Waals surface area contributed by atoms with Gasteiger partial charge in [-0.2, -0.15) is 0 Å². The van der Waals surface area contributed by atoms with Crippen molar-refractivity contribution >= 4 is 52.2 Å². The molecule has 0 aliphatic carbocycles. The number of para-hydroxylation sites is 2. The van der Waals surface area contributed by atoms with Crippen LogP contribution in [0.3, 0.4) is 0 Å². The van der Waals surface area contributed by atoms with Crippen molar-refractivity contribution in [2.24, 2.45) is 0 Å². The zero-order valence-electron chi connectivity index (χ0n) is 14.9. The molecular weight excluding hydrogens is 389 g/mol. The topological polar surface area (TPSA) is 78.5 Å². The van der Waals surface area contributed by atoms with Gasteiger partial charge in [0.1, 0.15) is 0 Å². The molecule has 142 valence electrons. The minimum atomic E-state index is -0.357. The van der Waals surface area contributed by atoms with Crippen molar-refractivity contribution in [1.82, 2.24) is 4.90 Å². The molecule has 2 aromatic rings. The SMILES string of the molecule is CC(=O)c1ccccc1NC(=O)CN(C)CC(=O)Nc1c(Cl)cccc1Cl. The number of hydrogen-bond donors (Lipinski definition) is 2. The number of carbonyl (C=O) groups is 3. The summed E-state index contributed by atoms with van der Waals surface area (Å²) >= 11 is 12.0. The quantitative estimate of drug-likeness (QED) is 0.685. The first-order valence-corrected chi connectivity index (χ1v) is 8.85. The molecule has 6 nitrogen and oxygen atoms in total. The van der Waals surface area contributed by atoms with Crippen LogP contribution in [0.4, 0.5) is 11.4 Å². The summed E-state index contributed by atoms with van der Waals surface area (Å²) in [5.74, 6) is -0.838. The predicted molar refractivity (Wildman–Crippen MR) is 108 cm³/mol. The lowest BCUT2D eigenvalue weighted by atomic mass is 10.1. The van der Waals surface area contributed by atoms with E-state index in [1.807, 2.05) is 0 Å². The van der Waals surface area contributed by atoms with Gasteiger partial charge in [-0.15, -0.1) is 0 Å². The van der Waals surface area contributed by atoms with Gasteiger partial charge < -0.3 is 10.6 Å². The molecule has 2 N–H and O–H groups in total. The number of Topliss-reactive ketones (excluding diaryl/α,β-unsaturated/α-hetero) is 1. The van der Waals surface area contributed by atoms with Crippen LogP contribution in [0.1, 0.15) is 17.3 Å². The molecule has 0 spiro atoms. The Hall–Kier alpha value is -2.41. The number of amides is 2. The van der Waals surface area contributed by atoms with Crippen molar-refractivity contribution in [2.45, 2.75) is 6.92 Å². The standard InChI is InChI=1S/C19H19Cl2N3O3/c1-12(25)13-6-3-4-9-16(13)22-17(26)10-24(2)11-18(27)23-19-14(20)7-5-8-15(19)21/h3-9H,10-11H2,1-2H3,(H,22,26)(H,23,27). The minimum absolute atomic E-state index is 0.0318. The summed E-state index contributed by atoms with van der Waals surface area (Å²) in [6, 6.07) is 11.7. The van der Waals surface area contributed by atoms with Crippen LogP contribution in [-0.4, -0.2) is 42.6 Å². The van der Waals surface area contributed by atoms with Gasteiger partial charge in [0.15, 0.2) is 5.78 Å². The van der Waals surface area contributed by atoms with E-state index in [9.17, 15) is 14.4 Å². The number of hydrogen-bond acceptors (Lipinski definition) is 4. The molecule has 0 aromatic heterocycles. The highest BCUT2D eigenvalue weighted by atomic mass is 35.5. The van der Waals surface area contributed by atoms with Crippen LogP contribution in [0.5, 0.6) is 0 Å². The van der Waals surface area contributed by atoms with Gasteiger partial charge in [-0.05, 0) is 38.2 Å². The summed E-state index contributed by atoms with van der Waals surface area (Å²) in [5, 5.41) is 5.99. The fraction of sp³-hybridized carbons (Fsp3) is 0.211. The molecule has 2 rings (SSSR count). The molecule has 0 aliphatic heterocycles. The number of carbonyl (C=O) groups excluding carboxylic acids is 3. The molecule has 0 bridgehead atoms. The molecule has 2 aromatic carbocycles. The second-order valence-electron chi connectivity index (χ2n) is 5.97. The second-order valence-corrected chi connectivity index (χ2v) is 6.78. The highest BCUT2D eigenvalue weighted by Crippen LogP contribution is 2.29. The van der Waals surface area contributed by atoms with E-state index in [1.54, 1.807) is 49.5 Å². The van der Waals surface area contributed by atoms with Crippen LogP contribution in [-0.2, 0) is 9.59 Å². The van der Waals surface area contributed by atoms with Crippen molar-refractivity contribution < 1.29 is 14.4 Å². The number of likely N-dealkylation sites (N-methyl/N-ethyl adjacent to an activating group) is 1. The van der Waals surface area contributed by atoms with Crippen LogP contribution in [0.2, 0.25) is 10.0 Å². The van der Waals surface area contributed by atoms with Gasteiger partial charge in [0.2, 0.25) is 11.8 Å². The van der Waals surface area contributed by atoms with Crippen molar-refractivity contribution in [1.29, 1.82) is 0 Å². The van der Waals surface area contributed by atoms with Crippen LogP contribution in [0.15, 0.2) is 42.5 Å². The maximum absolute atomic E-state index is 12.2. The molecule has 0 radical (unpaired) electrons. The number of anilines is 2. The van der Waals surface area contributed by atoms with Gasteiger partial charge >= 0.3 is 0 Å². The summed E-state index contributed by atoms with van der Waals surface area (Å²) in [6.45, 7) is 1.36. The third kappa shape index (κ3) is 6.06. The van der Waals surface area contributed by atoms with Crippen molar-refractivity contribution in [3.05, 3.63) is 58.1 Å². The van der Waals surface area contributed by atoms with Crippen molar-refractivity contribution in [3.8, 4) is 0 Å². The van der Waals surface area contributed by atoms with E-state index >= 15 is 0 Å². The fourth-order valence-electron chi connectivity index (χ4n) is 2.43. The number of halogens is 2. The number of benzene rings is 2. The Morgan fingerprint density at radius 1 is 0.889 bits per heavy atom. The van der Waals surface area contributed by atoms with Gasteiger partial charge in [-0.25, -0.2) is 0 Å². The largest absolute Gasteiger partial charge is 0.324 e. The Morgan fingerprint density at radius 3 is 2.04 bits per heavy atom. The molecule has 0 heterocycles. The number of nitrogens with zero attached hydrogens (tertiary/aromatic N) is 1. The van der Waals surface area contributed by atoms with Crippen molar-refractivity contribution in [3.63, 3.8) is 0 Å². The number of ketones is 1. The van der Waals surface area contributed by atoms with Crippen molar-refractivity contribution in [2.75, 3.05) is 30.8 Å². The van der Waals surface area contributed by atoms with E-state index in [2.05, 4.69) is 10.6 Å². The lowest BCUT2D eigenvalue weighted by Gasteiger charge is -2.17. The van der Waals surface area contributed by atoms with E-state index < -0.39 is 0 Å². The van der Waals surface area contributed by atoms with Gasteiger partial charge in [-0.1, -0.05) is 41.4 Å². The average molecular weight is 408 g/mol. The number of rotatable bonds is 7. The Balaban J connectivity index is 1.91. The maximum Gasteiger partial charge on any atom is 0.238 e. The highest BCUT2D eigenvalue weighted by molar-refractivity contribution is 6.39. The first kappa shape index (κ1) is 20.9. The normalized spacial score (nSPS) is 10.6. The minimum Gasteiger partial charge on any atom is -0.324 e. The summed E-state index contributed by atoms with van der Waals surface area (Å²) in [7, 11) is 1.63. The molecular formula is C19H19Cl2N3O3. The summed E-state index contributed by atoms with van der Waals surface area (Å²) in [6.07, 6.45) is 0. The molecule has 0 atom stereocenters. The monoisotopic (exact) mass is 407 g/mol. The second kappa shape index (κ2) is 9.50. The maximum atomic E-state index is 12.2. The van der Waals surface area contributed by atoms with Gasteiger partial charge in [0, 0.05) is 5.56 Å². The Kier molecular flexibility index (Phi) is 7.36. The lowest BCUT2D eigenvalue weighted by molar-refractivity contribution is -0.119. The van der Waals surface area contributed by atoms with Crippen LogP contribution >= 0.6 is 23.2 Å².